The topological polar surface area (TPSA) is 83.5 Å². The Morgan fingerprint density at radius 1 is 1.15 bits per heavy atom. The van der Waals surface area contributed by atoms with Crippen molar-refractivity contribution < 1.29 is 18.3 Å². The Kier molecular flexibility index (Phi) is 5.99. The molecular formula is C24H26F2N6O2. The van der Waals surface area contributed by atoms with Crippen molar-refractivity contribution in [3.63, 3.8) is 0 Å². The summed E-state index contributed by atoms with van der Waals surface area (Å²) in [6.45, 7) is 7.34. The van der Waals surface area contributed by atoms with Crippen molar-refractivity contribution >= 4 is 28.3 Å². The number of carbonyl (C=O) groups excluding carboxylic acids is 1. The lowest BCUT2D eigenvalue weighted by Gasteiger charge is -2.39. The number of aryl methyl sites for hydroxylation is 1. The molecule has 178 valence electrons. The number of aromatic nitrogens is 3. The summed E-state index contributed by atoms with van der Waals surface area (Å²) in [4.78, 5) is 21.2. The van der Waals surface area contributed by atoms with Gasteiger partial charge in [0.1, 0.15) is 11.6 Å². The summed E-state index contributed by atoms with van der Waals surface area (Å²) in [5, 5.41) is 12.5. The van der Waals surface area contributed by atoms with Crippen molar-refractivity contribution in [2.75, 3.05) is 49.6 Å². The van der Waals surface area contributed by atoms with Gasteiger partial charge >= 0.3 is 0 Å². The van der Waals surface area contributed by atoms with Crippen LogP contribution in [0.25, 0.3) is 10.9 Å². The molecular weight excluding hydrogens is 442 g/mol. The van der Waals surface area contributed by atoms with Gasteiger partial charge in [-0.1, -0.05) is 6.07 Å². The minimum absolute atomic E-state index is 0.00278. The second kappa shape index (κ2) is 9.09. The van der Waals surface area contributed by atoms with Gasteiger partial charge in [-0.05, 0) is 26.0 Å². The number of hydrogen-bond acceptors (Lipinski definition) is 7. The fourth-order valence-electron chi connectivity index (χ4n) is 4.39. The third kappa shape index (κ3) is 4.25. The average Bonchev–Trinajstić information content (AvgIpc) is 2.79. The number of anilines is 2. The third-order valence-electron chi connectivity index (χ3n) is 6.50. The summed E-state index contributed by atoms with van der Waals surface area (Å²) < 4.78 is 32.7. The number of rotatable bonds is 5. The summed E-state index contributed by atoms with van der Waals surface area (Å²) >= 11 is 0. The molecule has 3 aromatic rings. The maximum Gasteiger partial charge on any atom is 0.230 e. The Hall–Kier alpha value is -3.40. The minimum Gasteiger partial charge on any atom is -0.380 e. The fourth-order valence-corrected chi connectivity index (χ4v) is 4.39. The number of carbonyl (C=O) groups is 1. The average molecular weight is 469 g/mol. The maximum atomic E-state index is 14.3. The van der Waals surface area contributed by atoms with Gasteiger partial charge in [-0.3, -0.25) is 9.78 Å². The zero-order valence-corrected chi connectivity index (χ0v) is 19.1. The van der Waals surface area contributed by atoms with Gasteiger partial charge in [0.25, 0.3) is 0 Å². The molecule has 0 spiro atoms. The normalized spacial score (nSPS) is 17.5. The van der Waals surface area contributed by atoms with Crippen molar-refractivity contribution in [3.05, 3.63) is 53.4 Å². The van der Waals surface area contributed by atoms with Gasteiger partial charge in [0, 0.05) is 43.2 Å². The molecule has 1 atom stereocenters. The van der Waals surface area contributed by atoms with Crippen molar-refractivity contribution in [2.24, 2.45) is 5.92 Å². The highest BCUT2D eigenvalue weighted by molar-refractivity contribution is 5.92. The molecule has 0 radical (unpaired) electrons. The first-order valence-corrected chi connectivity index (χ1v) is 11.4. The van der Waals surface area contributed by atoms with Gasteiger partial charge in [-0.25, -0.2) is 8.78 Å². The summed E-state index contributed by atoms with van der Waals surface area (Å²) in [5.74, 6) is -0.598. The molecule has 0 unspecified atom stereocenters. The minimum atomic E-state index is -0.621. The highest BCUT2D eigenvalue weighted by Crippen LogP contribution is 2.30. The van der Waals surface area contributed by atoms with E-state index in [-0.39, 0.29) is 11.8 Å². The van der Waals surface area contributed by atoms with Gasteiger partial charge in [0.15, 0.2) is 5.82 Å². The van der Waals surface area contributed by atoms with E-state index < -0.39 is 17.7 Å². The molecule has 2 aromatic heterocycles. The monoisotopic (exact) mass is 468 g/mol. The van der Waals surface area contributed by atoms with Crippen LogP contribution in [0, 0.1) is 24.5 Å². The second-order valence-electron chi connectivity index (χ2n) is 8.80. The summed E-state index contributed by atoms with van der Waals surface area (Å²) in [5.41, 5.74) is 2.64. The molecule has 4 heterocycles. The number of nitrogens with one attached hydrogen (secondary N) is 1. The van der Waals surface area contributed by atoms with E-state index in [4.69, 9.17) is 4.74 Å². The van der Waals surface area contributed by atoms with Crippen LogP contribution in [-0.2, 0) is 9.53 Å². The van der Waals surface area contributed by atoms with E-state index in [1.165, 1.54) is 12.1 Å². The number of fused-ring (bicyclic) bond motifs is 1. The Bertz CT molecular complexity index is 1230. The predicted octanol–water partition coefficient (Wildman–Crippen LogP) is 3.08. The molecule has 2 saturated heterocycles. The standard InChI is InChI=1S/C24H26F2N6O2/c1-14(19-4-3-17(25)9-21(19)26)28-23-20-10-18(11-27-22(20)15(2)29-30-23)31-5-7-32(8-6-31)24(33)16-12-34-13-16/h3-4,9-11,14,16H,5-8,12-13H2,1-2H3,(H,28,30)/t14-/m1/s1. The van der Waals surface area contributed by atoms with Crippen LogP contribution in [-0.4, -0.2) is 65.4 Å². The smallest absolute Gasteiger partial charge is 0.230 e. The third-order valence-corrected chi connectivity index (χ3v) is 6.50. The van der Waals surface area contributed by atoms with Crippen molar-refractivity contribution in [1.29, 1.82) is 0 Å². The maximum absolute atomic E-state index is 14.3. The highest BCUT2D eigenvalue weighted by Gasteiger charge is 2.32. The summed E-state index contributed by atoms with van der Waals surface area (Å²) in [6.07, 6.45) is 1.81. The lowest BCUT2D eigenvalue weighted by molar-refractivity contribution is -0.150. The molecule has 10 heteroatoms. The van der Waals surface area contributed by atoms with Crippen molar-refractivity contribution in [1.82, 2.24) is 20.1 Å². The second-order valence-corrected chi connectivity index (χ2v) is 8.80. The number of ether oxygens (including phenoxy) is 1. The number of amides is 1. The van der Waals surface area contributed by atoms with Crippen molar-refractivity contribution in [3.8, 4) is 0 Å². The lowest BCUT2D eigenvalue weighted by atomic mass is 10.1. The summed E-state index contributed by atoms with van der Waals surface area (Å²) in [7, 11) is 0. The molecule has 0 saturated carbocycles. The first-order valence-electron chi connectivity index (χ1n) is 11.4. The molecule has 1 amide bonds. The molecule has 34 heavy (non-hydrogen) atoms. The summed E-state index contributed by atoms with van der Waals surface area (Å²) in [6, 6.07) is 5.06. The largest absolute Gasteiger partial charge is 0.380 e. The number of halogens is 2. The van der Waals surface area contributed by atoms with Crippen LogP contribution in [0.2, 0.25) is 0 Å². The molecule has 1 N–H and O–H groups in total. The van der Waals surface area contributed by atoms with Crippen LogP contribution in [0.4, 0.5) is 20.3 Å². The number of pyridine rings is 1. The lowest BCUT2D eigenvalue weighted by Crippen LogP contribution is -2.53. The Balaban J connectivity index is 1.37. The molecule has 0 bridgehead atoms. The molecule has 5 rings (SSSR count). The number of piperazine rings is 1. The van der Waals surface area contributed by atoms with Gasteiger partial charge in [0.2, 0.25) is 5.91 Å². The fraction of sp³-hybridized carbons (Fsp3) is 0.417. The van der Waals surface area contributed by atoms with Crippen LogP contribution in [0.3, 0.4) is 0 Å². The van der Waals surface area contributed by atoms with Gasteiger partial charge in [-0.15, -0.1) is 5.10 Å². The molecule has 2 aliphatic rings. The molecule has 2 fully saturated rings. The number of benzene rings is 1. The highest BCUT2D eigenvalue weighted by atomic mass is 19.1. The van der Waals surface area contributed by atoms with Crippen LogP contribution < -0.4 is 10.2 Å². The molecule has 8 nitrogen and oxygen atoms in total. The van der Waals surface area contributed by atoms with Crippen LogP contribution in [0.5, 0.6) is 0 Å². The van der Waals surface area contributed by atoms with Crippen molar-refractivity contribution in [2.45, 2.75) is 19.9 Å². The van der Waals surface area contributed by atoms with E-state index >= 15 is 0 Å². The molecule has 1 aromatic carbocycles. The van der Waals surface area contributed by atoms with Crippen LogP contribution in [0.15, 0.2) is 30.5 Å². The number of hydrogen-bond donors (Lipinski definition) is 1. The van der Waals surface area contributed by atoms with E-state index in [2.05, 4.69) is 25.4 Å². The van der Waals surface area contributed by atoms with E-state index in [9.17, 15) is 13.6 Å². The van der Waals surface area contributed by atoms with E-state index in [1.807, 2.05) is 17.9 Å². The Morgan fingerprint density at radius 3 is 2.59 bits per heavy atom. The van der Waals surface area contributed by atoms with Gasteiger partial charge in [-0.2, -0.15) is 5.10 Å². The van der Waals surface area contributed by atoms with E-state index in [0.29, 0.717) is 62.0 Å². The Morgan fingerprint density at radius 2 is 1.91 bits per heavy atom. The van der Waals surface area contributed by atoms with Gasteiger partial charge in [0.05, 0.1) is 48.3 Å². The zero-order chi connectivity index (χ0) is 23.8. The van der Waals surface area contributed by atoms with E-state index in [1.54, 1.807) is 13.1 Å². The molecule has 0 aliphatic carbocycles. The van der Waals surface area contributed by atoms with Crippen LogP contribution in [0.1, 0.15) is 24.2 Å². The SMILES string of the molecule is Cc1nnc(N[C@H](C)c2ccc(F)cc2F)c2cc(N3CCN(C(=O)C4COC4)CC3)cnc12. The van der Waals surface area contributed by atoms with Crippen LogP contribution >= 0.6 is 0 Å². The first kappa shape index (κ1) is 22.4. The zero-order valence-electron chi connectivity index (χ0n) is 19.1. The Labute approximate surface area is 195 Å². The molecule has 2 aliphatic heterocycles. The number of nitrogens with zero attached hydrogens (tertiary/aromatic N) is 5. The van der Waals surface area contributed by atoms with Gasteiger partial charge < -0.3 is 19.9 Å². The quantitative estimate of drug-likeness (QED) is 0.616. The predicted molar refractivity (Wildman–Crippen MR) is 124 cm³/mol. The first-order chi connectivity index (χ1) is 16.4. The van der Waals surface area contributed by atoms with E-state index in [0.717, 1.165) is 17.1 Å².